The van der Waals surface area contributed by atoms with Gasteiger partial charge in [0.1, 0.15) is 5.75 Å². The number of nitrogens with two attached hydrogens (primary N) is 2. The van der Waals surface area contributed by atoms with Crippen molar-refractivity contribution in [3.8, 4) is 5.75 Å². The molecule has 4 N–H and O–H groups in total. The molecule has 1 atom stereocenters. The largest absolute Gasteiger partial charge is 0.496 e. The maximum Gasteiger partial charge on any atom is 0.238 e. The van der Waals surface area contributed by atoms with E-state index in [4.69, 9.17) is 27.9 Å². The Morgan fingerprint density at radius 2 is 2.24 bits per heavy atom. The van der Waals surface area contributed by atoms with E-state index in [2.05, 4.69) is 0 Å². The van der Waals surface area contributed by atoms with Gasteiger partial charge >= 0.3 is 0 Å². The molecular formula is C11H16ClN3O2. The summed E-state index contributed by atoms with van der Waals surface area (Å²) in [4.78, 5) is 11.5. The zero-order chi connectivity index (χ0) is 13.0. The standard InChI is InChI=1S/C11H16ClN3O2/c1-15(14)11(16)6-9(13)8-5-7(12)3-4-10(8)17-2/h3-5,9H,6,13-14H2,1-2H3. The van der Waals surface area contributed by atoms with E-state index in [9.17, 15) is 4.79 Å². The molecule has 0 aliphatic rings. The molecule has 0 fully saturated rings. The number of hydrogen-bond donors (Lipinski definition) is 2. The van der Waals surface area contributed by atoms with Crippen LogP contribution in [0, 0.1) is 0 Å². The summed E-state index contributed by atoms with van der Waals surface area (Å²) in [6.07, 6.45) is 0.101. The van der Waals surface area contributed by atoms with Gasteiger partial charge in [-0.25, -0.2) is 5.84 Å². The second-order valence-corrected chi connectivity index (χ2v) is 4.14. The number of benzene rings is 1. The lowest BCUT2D eigenvalue weighted by Crippen LogP contribution is -2.35. The highest BCUT2D eigenvalue weighted by Crippen LogP contribution is 2.28. The third-order valence-electron chi connectivity index (χ3n) is 2.38. The van der Waals surface area contributed by atoms with Gasteiger partial charge in [-0.3, -0.25) is 9.80 Å². The Morgan fingerprint density at radius 1 is 1.59 bits per heavy atom. The van der Waals surface area contributed by atoms with E-state index in [-0.39, 0.29) is 12.3 Å². The molecule has 1 unspecified atom stereocenters. The predicted molar refractivity (Wildman–Crippen MR) is 66.5 cm³/mol. The van der Waals surface area contributed by atoms with Crippen LogP contribution in [0.5, 0.6) is 5.75 Å². The number of rotatable bonds is 4. The second-order valence-electron chi connectivity index (χ2n) is 3.70. The van der Waals surface area contributed by atoms with Gasteiger partial charge in [0.2, 0.25) is 5.91 Å². The molecule has 94 valence electrons. The summed E-state index contributed by atoms with van der Waals surface area (Å²) in [5.41, 5.74) is 6.63. The van der Waals surface area contributed by atoms with Crippen LogP contribution in [0.3, 0.4) is 0 Å². The highest BCUT2D eigenvalue weighted by atomic mass is 35.5. The van der Waals surface area contributed by atoms with Gasteiger partial charge < -0.3 is 10.5 Å². The molecule has 0 saturated carbocycles. The van der Waals surface area contributed by atoms with Crippen LogP contribution in [0.2, 0.25) is 5.02 Å². The molecule has 0 radical (unpaired) electrons. The van der Waals surface area contributed by atoms with Crippen LogP contribution in [0.25, 0.3) is 0 Å². The molecule has 1 amide bonds. The summed E-state index contributed by atoms with van der Waals surface area (Å²) in [5.74, 6) is 5.69. The van der Waals surface area contributed by atoms with Crippen molar-refractivity contribution in [3.63, 3.8) is 0 Å². The number of carbonyl (C=O) groups excluding carboxylic acids is 1. The summed E-state index contributed by atoms with van der Waals surface area (Å²) in [6, 6.07) is 4.61. The van der Waals surface area contributed by atoms with Gasteiger partial charge in [0.15, 0.2) is 0 Å². The van der Waals surface area contributed by atoms with Crippen molar-refractivity contribution >= 4 is 17.5 Å². The molecule has 0 aliphatic heterocycles. The fourth-order valence-electron chi connectivity index (χ4n) is 1.44. The Bertz CT molecular complexity index is 410. The zero-order valence-electron chi connectivity index (χ0n) is 9.81. The van der Waals surface area contributed by atoms with Crippen molar-refractivity contribution < 1.29 is 9.53 Å². The number of hydrazine groups is 1. The van der Waals surface area contributed by atoms with Crippen LogP contribution in [0.1, 0.15) is 18.0 Å². The molecule has 6 heteroatoms. The van der Waals surface area contributed by atoms with Crippen molar-refractivity contribution in [2.75, 3.05) is 14.2 Å². The molecule has 17 heavy (non-hydrogen) atoms. The average molecular weight is 258 g/mol. The van der Waals surface area contributed by atoms with Crippen molar-refractivity contribution in [1.29, 1.82) is 0 Å². The fraction of sp³-hybridized carbons (Fsp3) is 0.364. The Morgan fingerprint density at radius 3 is 2.76 bits per heavy atom. The molecule has 1 aromatic carbocycles. The van der Waals surface area contributed by atoms with Gasteiger partial charge in [0.25, 0.3) is 0 Å². The van der Waals surface area contributed by atoms with Crippen molar-refractivity contribution in [3.05, 3.63) is 28.8 Å². The van der Waals surface area contributed by atoms with Gasteiger partial charge in [-0.15, -0.1) is 0 Å². The average Bonchev–Trinajstić information content (AvgIpc) is 2.28. The molecule has 1 rings (SSSR count). The maximum absolute atomic E-state index is 11.5. The summed E-state index contributed by atoms with van der Waals surface area (Å²) < 4.78 is 5.17. The number of amides is 1. The van der Waals surface area contributed by atoms with Crippen molar-refractivity contribution in [1.82, 2.24) is 5.01 Å². The molecule has 5 nitrogen and oxygen atoms in total. The van der Waals surface area contributed by atoms with Crippen LogP contribution >= 0.6 is 11.6 Å². The fourth-order valence-corrected chi connectivity index (χ4v) is 1.62. The predicted octanol–water partition coefficient (Wildman–Crippen LogP) is 1.07. The summed E-state index contributed by atoms with van der Waals surface area (Å²) in [7, 11) is 3.01. The second kappa shape index (κ2) is 5.86. The smallest absolute Gasteiger partial charge is 0.238 e. The molecule has 0 heterocycles. The summed E-state index contributed by atoms with van der Waals surface area (Å²) in [6.45, 7) is 0. The number of halogens is 1. The molecule has 0 spiro atoms. The number of nitrogens with zero attached hydrogens (tertiary/aromatic N) is 1. The molecule has 0 aromatic heterocycles. The van der Waals surface area contributed by atoms with E-state index in [1.165, 1.54) is 14.2 Å². The Hall–Kier alpha value is -1.30. The van der Waals surface area contributed by atoms with E-state index in [0.717, 1.165) is 5.01 Å². The van der Waals surface area contributed by atoms with E-state index in [1.807, 2.05) is 0 Å². The highest BCUT2D eigenvalue weighted by molar-refractivity contribution is 6.30. The minimum Gasteiger partial charge on any atom is -0.496 e. The highest BCUT2D eigenvalue weighted by Gasteiger charge is 2.17. The zero-order valence-corrected chi connectivity index (χ0v) is 10.6. The lowest BCUT2D eigenvalue weighted by Gasteiger charge is -2.17. The SMILES string of the molecule is COc1ccc(Cl)cc1C(N)CC(=O)N(C)N. The van der Waals surface area contributed by atoms with Crippen LogP contribution in [-0.2, 0) is 4.79 Å². The van der Waals surface area contributed by atoms with E-state index >= 15 is 0 Å². The first-order valence-electron chi connectivity index (χ1n) is 5.06. The van der Waals surface area contributed by atoms with Crippen LogP contribution < -0.4 is 16.3 Å². The Kier molecular flexibility index (Phi) is 4.74. The molecular weight excluding hydrogens is 242 g/mol. The van der Waals surface area contributed by atoms with Crippen LogP contribution in [-0.4, -0.2) is 25.1 Å². The first kappa shape index (κ1) is 13.8. The normalized spacial score (nSPS) is 12.1. The first-order valence-corrected chi connectivity index (χ1v) is 5.43. The van der Waals surface area contributed by atoms with Gasteiger partial charge in [0, 0.05) is 30.1 Å². The van der Waals surface area contributed by atoms with Gasteiger partial charge in [0.05, 0.1) is 7.11 Å². The lowest BCUT2D eigenvalue weighted by molar-refractivity contribution is -0.130. The first-order chi connectivity index (χ1) is 7.95. The van der Waals surface area contributed by atoms with Crippen LogP contribution in [0.4, 0.5) is 0 Å². The number of ether oxygens (including phenoxy) is 1. The summed E-state index contributed by atoms with van der Waals surface area (Å²) >= 11 is 5.89. The Balaban J connectivity index is 2.91. The maximum atomic E-state index is 11.5. The summed E-state index contributed by atoms with van der Waals surface area (Å²) in [5, 5.41) is 1.56. The van der Waals surface area contributed by atoms with Crippen molar-refractivity contribution in [2.45, 2.75) is 12.5 Å². The van der Waals surface area contributed by atoms with Crippen molar-refractivity contribution in [2.24, 2.45) is 11.6 Å². The molecule has 0 saturated heterocycles. The molecule has 1 aromatic rings. The van der Waals surface area contributed by atoms with Gasteiger partial charge in [-0.2, -0.15) is 0 Å². The quantitative estimate of drug-likeness (QED) is 0.480. The minimum atomic E-state index is -0.498. The molecule has 0 bridgehead atoms. The van der Waals surface area contributed by atoms with E-state index in [0.29, 0.717) is 16.3 Å². The minimum absolute atomic E-state index is 0.101. The number of methoxy groups -OCH3 is 1. The number of hydrogen-bond acceptors (Lipinski definition) is 4. The van der Waals surface area contributed by atoms with E-state index in [1.54, 1.807) is 18.2 Å². The molecule has 0 aliphatic carbocycles. The lowest BCUT2D eigenvalue weighted by atomic mass is 10.0. The third kappa shape index (κ3) is 3.59. The van der Waals surface area contributed by atoms with Gasteiger partial charge in [-0.1, -0.05) is 11.6 Å². The third-order valence-corrected chi connectivity index (χ3v) is 2.61. The number of carbonyl (C=O) groups is 1. The monoisotopic (exact) mass is 257 g/mol. The topological polar surface area (TPSA) is 81.6 Å². The van der Waals surface area contributed by atoms with Crippen LogP contribution in [0.15, 0.2) is 18.2 Å². The van der Waals surface area contributed by atoms with E-state index < -0.39 is 6.04 Å². The Labute approximate surface area is 105 Å². The van der Waals surface area contributed by atoms with Gasteiger partial charge in [-0.05, 0) is 18.2 Å².